The van der Waals surface area contributed by atoms with E-state index in [1.54, 1.807) is 18.2 Å². The molecular formula is C14H15F2NO. The first kappa shape index (κ1) is 14.1. The van der Waals surface area contributed by atoms with Crippen LogP contribution < -0.4 is 4.74 Å². The van der Waals surface area contributed by atoms with Crippen LogP contribution in [-0.4, -0.2) is 4.98 Å². The molecule has 1 aromatic heterocycles. The number of pyridine rings is 1. The van der Waals surface area contributed by atoms with Crippen LogP contribution in [0.5, 0.6) is 11.6 Å². The normalized spacial score (nSPS) is 9.39. The van der Waals surface area contributed by atoms with Gasteiger partial charge in [0, 0.05) is 6.07 Å². The van der Waals surface area contributed by atoms with Gasteiger partial charge in [0.05, 0.1) is 6.20 Å². The predicted octanol–water partition coefficient (Wildman–Crippen LogP) is 4.49. The van der Waals surface area contributed by atoms with Gasteiger partial charge in [-0.25, -0.2) is 13.8 Å². The maximum absolute atomic E-state index is 13.2. The zero-order valence-electron chi connectivity index (χ0n) is 10.6. The monoisotopic (exact) mass is 251 g/mol. The Morgan fingerprint density at radius 2 is 1.83 bits per heavy atom. The van der Waals surface area contributed by atoms with Gasteiger partial charge in [-0.3, -0.25) is 0 Å². The summed E-state index contributed by atoms with van der Waals surface area (Å²) in [5.41, 5.74) is 0.986. The van der Waals surface area contributed by atoms with E-state index < -0.39 is 11.6 Å². The first-order valence-electron chi connectivity index (χ1n) is 5.71. The van der Waals surface area contributed by atoms with Crippen molar-refractivity contribution in [2.75, 3.05) is 0 Å². The second-order valence-corrected chi connectivity index (χ2v) is 3.36. The molecule has 0 fully saturated rings. The van der Waals surface area contributed by atoms with Gasteiger partial charge < -0.3 is 4.74 Å². The number of halogens is 2. The molecule has 1 aromatic carbocycles. The standard InChI is InChI=1S/C12H9F2NO.C2H6/c1-8-3-2-4-10(5-8)16-12-11(14)6-9(13)7-15-12;1-2/h2-7H,1H3;1-2H3. The van der Waals surface area contributed by atoms with E-state index in [0.717, 1.165) is 17.8 Å². The molecule has 96 valence electrons. The number of aromatic nitrogens is 1. The van der Waals surface area contributed by atoms with Crippen LogP contribution in [0.2, 0.25) is 0 Å². The fourth-order valence-corrected chi connectivity index (χ4v) is 1.27. The Morgan fingerprint density at radius 1 is 1.11 bits per heavy atom. The van der Waals surface area contributed by atoms with Crippen molar-refractivity contribution in [1.29, 1.82) is 0 Å². The molecule has 18 heavy (non-hydrogen) atoms. The summed E-state index contributed by atoms with van der Waals surface area (Å²) in [5, 5.41) is 0. The first-order chi connectivity index (χ1) is 8.65. The summed E-state index contributed by atoms with van der Waals surface area (Å²) in [7, 11) is 0. The van der Waals surface area contributed by atoms with Crippen LogP contribution >= 0.6 is 0 Å². The summed E-state index contributed by atoms with van der Waals surface area (Å²) in [4.78, 5) is 3.53. The smallest absolute Gasteiger partial charge is 0.256 e. The van der Waals surface area contributed by atoms with Crippen LogP contribution in [0.25, 0.3) is 0 Å². The third-order valence-corrected chi connectivity index (χ3v) is 1.98. The Balaban J connectivity index is 0.000000771. The highest BCUT2D eigenvalue weighted by Crippen LogP contribution is 2.22. The lowest BCUT2D eigenvalue weighted by molar-refractivity contribution is 0.416. The van der Waals surface area contributed by atoms with Crippen LogP contribution in [0, 0.1) is 18.6 Å². The molecule has 0 aliphatic heterocycles. The molecule has 0 saturated heterocycles. The van der Waals surface area contributed by atoms with Crippen LogP contribution in [0.3, 0.4) is 0 Å². The third-order valence-electron chi connectivity index (χ3n) is 1.98. The highest BCUT2D eigenvalue weighted by atomic mass is 19.1. The quantitative estimate of drug-likeness (QED) is 0.784. The highest BCUT2D eigenvalue weighted by Gasteiger charge is 2.07. The Hall–Kier alpha value is -1.97. The van der Waals surface area contributed by atoms with Crippen molar-refractivity contribution in [3.05, 3.63) is 53.7 Å². The van der Waals surface area contributed by atoms with E-state index in [1.807, 2.05) is 26.8 Å². The van der Waals surface area contributed by atoms with E-state index in [2.05, 4.69) is 4.98 Å². The highest BCUT2D eigenvalue weighted by molar-refractivity contribution is 5.31. The average molecular weight is 251 g/mol. The summed E-state index contributed by atoms with van der Waals surface area (Å²) in [6.45, 7) is 5.89. The zero-order chi connectivity index (χ0) is 13.5. The third kappa shape index (κ3) is 3.80. The lowest BCUT2D eigenvalue weighted by Gasteiger charge is -2.05. The van der Waals surface area contributed by atoms with Crippen LogP contribution in [0.4, 0.5) is 8.78 Å². The second-order valence-electron chi connectivity index (χ2n) is 3.36. The topological polar surface area (TPSA) is 22.1 Å². The van der Waals surface area contributed by atoms with E-state index in [4.69, 9.17) is 4.74 Å². The minimum absolute atomic E-state index is 0.230. The van der Waals surface area contributed by atoms with Gasteiger partial charge in [-0.05, 0) is 24.6 Å². The summed E-state index contributed by atoms with van der Waals surface area (Å²) < 4.78 is 31.0. The van der Waals surface area contributed by atoms with E-state index >= 15 is 0 Å². The van der Waals surface area contributed by atoms with Gasteiger partial charge >= 0.3 is 0 Å². The largest absolute Gasteiger partial charge is 0.436 e. The van der Waals surface area contributed by atoms with Gasteiger partial charge in [0.2, 0.25) is 0 Å². The van der Waals surface area contributed by atoms with Gasteiger partial charge in [-0.1, -0.05) is 26.0 Å². The summed E-state index contributed by atoms with van der Waals surface area (Å²) in [6, 6.07) is 7.83. The van der Waals surface area contributed by atoms with E-state index in [0.29, 0.717) is 5.75 Å². The van der Waals surface area contributed by atoms with Crippen LogP contribution in [0.15, 0.2) is 36.5 Å². The first-order valence-corrected chi connectivity index (χ1v) is 5.71. The van der Waals surface area contributed by atoms with Gasteiger partial charge in [0.1, 0.15) is 11.6 Å². The summed E-state index contributed by atoms with van der Waals surface area (Å²) in [5.74, 6) is -1.30. The van der Waals surface area contributed by atoms with Gasteiger partial charge in [0.25, 0.3) is 5.88 Å². The van der Waals surface area contributed by atoms with Crippen molar-refractivity contribution in [2.45, 2.75) is 20.8 Å². The van der Waals surface area contributed by atoms with Crippen molar-refractivity contribution in [3.8, 4) is 11.6 Å². The molecule has 0 N–H and O–H groups in total. The Labute approximate surface area is 105 Å². The SMILES string of the molecule is CC.Cc1cccc(Oc2ncc(F)cc2F)c1. The number of rotatable bonds is 2. The molecule has 2 aromatic rings. The van der Waals surface area contributed by atoms with E-state index in [-0.39, 0.29) is 5.88 Å². The van der Waals surface area contributed by atoms with Crippen LogP contribution in [-0.2, 0) is 0 Å². The lowest BCUT2D eigenvalue weighted by Crippen LogP contribution is -1.93. The van der Waals surface area contributed by atoms with Gasteiger partial charge in [-0.15, -0.1) is 0 Å². The molecule has 2 rings (SSSR count). The second kappa shape index (κ2) is 6.69. The van der Waals surface area contributed by atoms with Crippen molar-refractivity contribution >= 4 is 0 Å². The van der Waals surface area contributed by atoms with Crippen LogP contribution in [0.1, 0.15) is 19.4 Å². The Bertz CT molecular complexity index is 515. The number of benzene rings is 1. The zero-order valence-corrected chi connectivity index (χ0v) is 10.6. The van der Waals surface area contributed by atoms with Gasteiger partial charge in [-0.2, -0.15) is 0 Å². The maximum atomic E-state index is 13.2. The summed E-state index contributed by atoms with van der Waals surface area (Å²) >= 11 is 0. The molecular weight excluding hydrogens is 236 g/mol. The molecule has 0 atom stereocenters. The van der Waals surface area contributed by atoms with Crippen molar-refractivity contribution in [1.82, 2.24) is 4.98 Å². The van der Waals surface area contributed by atoms with Crippen molar-refractivity contribution in [3.63, 3.8) is 0 Å². The molecule has 2 nitrogen and oxygen atoms in total. The summed E-state index contributed by atoms with van der Waals surface area (Å²) in [6.07, 6.45) is 0.911. The fourth-order valence-electron chi connectivity index (χ4n) is 1.27. The molecule has 0 aliphatic rings. The lowest BCUT2D eigenvalue weighted by atomic mass is 10.2. The Kier molecular flexibility index (Phi) is 5.24. The average Bonchev–Trinajstić information content (AvgIpc) is 2.35. The molecule has 0 amide bonds. The van der Waals surface area contributed by atoms with E-state index in [1.165, 1.54) is 0 Å². The maximum Gasteiger partial charge on any atom is 0.256 e. The molecule has 0 bridgehead atoms. The fraction of sp³-hybridized carbons (Fsp3) is 0.214. The molecule has 0 spiro atoms. The molecule has 0 unspecified atom stereocenters. The minimum atomic E-state index is -0.818. The number of hydrogen-bond acceptors (Lipinski definition) is 2. The van der Waals surface area contributed by atoms with E-state index in [9.17, 15) is 8.78 Å². The van der Waals surface area contributed by atoms with Crippen molar-refractivity contribution in [2.24, 2.45) is 0 Å². The molecule has 1 heterocycles. The Morgan fingerprint density at radius 3 is 2.44 bits per heavy atom. The van der Waals surface area contributed by atoms with Crippen molar-refractivity contribution < 1.29 is 13.5 Å². The molecule has 0 radical (unpaired) electrons. The number of hydrogen-bond donors (Lipinski definition) is 0. The molecule has 4 heteroatoms. The number of nitrogens with zero attached hydrogens (tertiary/aromatic N) is 1. The molecule has 0 saturated carbocycles. The predicted molar refractivity (Wildman–Crippen MR) is 66.8 cm³/mol. The number of ether oxygens (including phenoxy) is 1. The number of aryl methyl sites for hydroxylation is 1. The minimum Gasteiger partial charge on any atom is -0.436 e. The van der Waals surface area contributed by atoms with Gasteiger partial charge in [0.15, 0.2) is 5.82 Å². The molecule has 0 aliphatic carbocycles.